The molecule has 90 valence electrons. The number of nitrogens with zero attached hydrogens (tertiary/aromatic N) is 3. The van der Waals surface area contributed by atoms with Crippen LogP contribution in [-0.4, -0.2) is 20.8 Å². The van der Waals surface area contributed by atoms with E-state index in [2.05, 4.69) is 45.7 Å². The van der Waals surface area contributed by atoms with Crippen molar-refractivity contribution in [1.82, 2.24) is 14.8 Å². The quantitative estimate of drug-likeness (QED) is 0.867. The summed E-state index contributed by atoms with van der Waals surface area (Å²) < 4.78 is 2.87. The molecule has 2 aromatic rings. The summed E-state index contributed by atoms with van der Waals surface area (Å²) in [5.41, 5.74) is 7.08. The summed E-state index contributed by atoms with van der Waals surface area (Å²) in [5, 5.41) is 4.21. The smallest absolute Gasteiger partial charge is 0.153 e. The van der Waals surface area contributed by atoms with Crippen LogP contribution in [0, 0.1) is 3.57 Å². The maximum Gasteiger partial charge on any atom is 0.153 e. The first-order valence-electron chi connectivity index (χ1n) is 5.60. The zero-order valence-corrected chi connectivity index (χ0v) is 11.8. The zero-order valence-electron chi connectivity index (χ0n) is 9.68. The Kier molecular flexibility index (Phi) is 4.11. The number of halogens is 1. The van der Waals surface area contributed by atoms with Crippen LogP contribution in [0.3, 0.4) is 0 Å². The van der Waals surface area contributed by atoms with Gasteiger partial charge in [0.2, 0.25) is 0 Å². The lowest BCUT2D eigenvalue weighted by molar-refractivity contribution is 0.644. The van der Waals surface area contributed by atoms with Crippen LogP contribution in [-0.2, 0) is 6.42 Å². The lowest BCUT2D eigenvalue weighted by Gasteiger charge is -2.08. The van der Waals surface area contributed by atoms with Gasteiger partial charge in [0, 0.05) is 18.4 Å². The van der Waals surface area contributed by atoms with Crippen LogP contribution in [0.5, 0.6) is 0 Å². The minimum Gasteiger partial charge on any atom is -0.327 e. The van der Waals surface area contributed by atoms with Crippen molar-refractivity contribution in [2.45, 2.75) is 25.8 Å². The standard InChI is InChI=1S/C12H15IN4/c1-2-11(14)5-9-3-4-12(15-6-9)17-8-10(13)7-16-17/h3-4,6-8,11H,2,5,14H2,1H3. The van der Waals surface area contributed by atoms with E-state index in [0.29, 0.717) is 0 Å². The minimum absolute atomic E-state index is 0.216. The van der Waals surface area contributed by atoms with E-state index in [-0.39, 0.29) is 6.04 Å². The molecule has 1 atom stereocenters. The number of aromatic nitrogens is 3. The van der Waals surface area contributed by atoms with Crippen LogP contribution in [0.2, 0.25) is 0 Å². The largest absolute Gasteiger partial charge is 0.327 e. The van der Waals surface area contributed by atoms with Gasteiger partial charge in [0.25, 0.3) is 0 Å². The summed E-state index contributed by atoms with van der Waals surface area (Å²) in [6.07, 6.45) is 7.49. The van der Waals surface area contributed by atoms with Crippen molar-refractivity contribution in [3.05, 3.63) is 39.9 Å². The highest BCUT2D eigenvalue weighted by atomic mass is 127. The van der Waals surface area contributed by atoms with E-state index in [4.69, 9.17) is 5.73 Å². The Morgan fingerprint density at radius 1 is 1.41 bits per heavy atom. The summed E-state index contributed by atoms with van der Waals surface area (Å²) in [7, 11) is 0. The molecule has 2 aromatic heterocycles. The summed E-state index contributed by atoms with van der Waals surface area (Å²) >= 11 is 2.23. The van der Waals surface area contributed by atoms with Gasteiger partial charge in [-0.3, -0.25) is 0 Å². The molecule has 0 amide bonds. The van der Waals surface area contributed by atoms with E-state index in [9.17, 15) is 0 Å². The second-order valence-electron chi connectivity index (χ2n) is 4.00. The number of rotatable bonds is 4. The first-order valence-corrected chi connectivity index (χ1v) is 6.68. The Morgan fingerprint density at radius 3 is 2.76 bits per heavy atom. The topological polar surface area (TPSA) is 56.7 Å². The Labute approximate surface area is 114 Å². The van der Waals surface area contributed by atoms with Crippen molar-refractivity contribution in [3.8, 4) is 5.82 Å². The first-order chi connectivity index (χ1) is 8.19. The average Bonchev–Trinajstić information content (AvgIpc) is 2.77. The molecule has 1 unspecified atom stereocenters. The first kappa shape index (κ1) is 12.5. The molecule has 0 saturated carbocycles. The van der Waals surface area contributed by atoms with E-state index < -0.39 is 0 Å². The van der Waals surface area contributed by atoms with E-state index in [1.807, 2.05) is 24.7 Å². The lowest BCUT2D eigenvalue weighted by Crippen LogP contribution is -2.21. The molecule has 0 aliphatic carbocycles. The van der Waals surface area contributed by atoms with Gasteiger partial charge in [-0.1, -0.05) is 13.0 Å². The second-order valence-corrected chi connectivity index (χ2v) is 5.25. The van der Waals surface area contributed by atoms with Crippen LogP contribution < -0.4 is 5.73 Å². The van der Waals surface area contributed by atoms with Crippen molar-refractivity contribution in [1.29, 1.82) is 0 Å². The van der Waals surface area contributed by atoms with Crippen molar-refractivity contribution >= 4 is 22.6 Å². The molecule has 4 nitrogen and oxygen atoms in total. The summed E-state index contributed by atoms with van der Waals surface area (Å²) in [6.45, 7) is 2.10. The van der Waals surface area contributed by atoms with Crippen LogP contribution in [0.25, 0.3) is 5.82 Å². The third-order valence-corrected chi connectivity index (χ3v) is 3.17. The van der Waals surface area contributed by atoms with Gasteiger partial charge in [-0.2, -0.15) is 5.10 Å². The number of pyridine rings is 1. The van der Waals surface area contributed by atoms with Gasteiger partial charge in [0.05, 0.1) is 9.77 Å². The molecule has 0 radical (unpaired) electrons. The SMILES string of the molecule is CCC(N)Cc1ccc(-n2cc(I)cn2)nc1. The van der Waals surface area contributed by atoms with Crippen molar-refractivity contribution in [2.24, 2.45) is 5.73 Å². The fourth-order valence-electron chi connectivity index (χ4n) is 1.55. The Balaban J connectivity index is 2.13. The number of nitrogens with two attached hydrogens (primary N) is 1. The van der Waals surface area contributed by atoms with E-state index in [1.54, 1.807) is 4.68 Å². The molecule has 0 spiro atoms. The Hall–Kier alpha value is -0.950. The molecule has 0 aliphatic rings. The molecule has 2 rings (SSSR count). The molecule has 17 heavy (non-hydrogen) atoms. The summed E-state index contributed by atoms with van der Waals surface area (Å²) in [5.74, 6) is 0.835. The molecular formula is C12H15IN4. The van der Waals surface area contributed by atoms with Crippen molar-refractivity contribution in [3.63, 3.8) is 0 Å². The highest BCUT2D eigenvalue weighted by molar-refractivity contribution is 14.1. The highest BCUT2D eigenvalue weighted by Crippen LogP contribution is 2.09. The van der Waals surface area contributed by atoms with Crippen LogP contribution in [0.1, 0.15) is 18.9 Å². The fraction of sp³-hybridized carbons (Fsp3) is 0.333. The van der Waals surface area contributed by atoms with Gasteiger partial charge < -0.3 is 5.73 Å². The van der Waals surface area contributed by atoms with Gasteiger partial charge in [0.15, 0.2) is 5.82 Å². The van der Waals surface area contributed by atoms with E-state index in [0.717, 1.165) is 22.2 Å². The second kappa shape index (κ2) is 5.59. The molecule has 0 saturated heterocycles. The van der Waals surface area contributed by atoms with Gasteiger partial charge in [-0.05, 0) is 47.1 Å². The molecule has 2 N–H and O–H groups in total. The van der Waals surface area contributed by atoms with Gasteiger partial charge in [-0.25, -0.2) is 9.67 Å². The van der Waals surface area contributed by atoms with Crippen molar-refractivity contribution < 1.29 is 0 Å². The van der Waals surface area contributed by atoms with Crippen LogP contribution in [0.15, 0.2) is 30.7 Å². The maximum absolute atomic E-state index is 5.91. The molecular weight excluding hydrogens is 327 g/mol. The van der Waals surface area contributed by atoms with E-state index in [1.165, 1.54) is 5.56 Å². The van der Waals surface area contributed by atoms with Crippen LogP contribution in [0.4, 0.5) is 0 Å². The van der Waals surface area contributed by atoms with Crippen LogP contribution >= 0.6 is 22.6 Å². The molecule has 0 bridgehead atoms. The normalized spacial score (nSPS) is 12.6. The average molecular weight is 342 g/mol. The minimum atomic E-state index is 0.216. The summed E-state index contributed by atoms with van der Waals surface area (Å²) in [4.78, 5) is 4.39. The maximum atomic E-state index is 5.91. The predicted molar refractivity (Wildman–Crippen MR) is 76.0 cm³/mol. The van der Waals surface area contributed by atoms with Crippen molar-refractivity contribution in [2.75, 3.05) is 0 Å². The monoisotopic (exact) mass is 342 g/mol. The third kappa shape index (κ3) is 3.26. The lowest BCUT2D eigenvalue weighted by atomic mass is 10.1. The molecule has 0 aromatic carbocycles. The zero-order chi connectivity index (χ0) is 12.3. The van der Waals surface area contributed by atoms with Gasteiger partial charge in [0.1, 0.15) is 0 Å². The molecule has 0 aliphatic heterocycles. The highest BCUT2D eigenvalue weighted by Gasteiger charge is 2.03. The number of hydrogen-bond donors (Lipinski definition) is 1. The molecule has 5 heteroatoms. The third-order valence-electron chi connectivity index (χ3n) is 2.62. The predicted octanol–water partition coefficient (Wildman–Crippen LogP) is 2.15. The van der Waals surface area contributed by atoms with E-state index >= 15 is 0 Å². The number of hydrogen-bond acceptors (Lipinski definition) is 3. The Bertz CT molecular complexity index is 478. The molecule has 0 fully saturated rings. The Morgan fingerprint density at radius 2 is 2.24 bits per heavy atom. The van der Waals surface area contributed by atoms with Gasteiger partial charge >= 0.3 is 0 Å². The van der Waals surface area contributed by atoms with Gasteiger partial charge in [-0.15, -0.1) is 0 Å². The fourth-order valence-corrected chi connectivity index (χ4v) is 1.93. The summed E-state index contributed by atoms with van der Waals surface area (Å²) in [6, 6.07) is 4.25. The molecule has 2 heterocycles.